The van der Waals surface area contributed by atoms with Gasteiger partial charge in [0.1, 0.15) is 5.75 Å². The Morgan fingerprint density at radius 3 is 2.64 bits per heavy atom. The van der Waals surface area contributed by atoms with Crippen LogP contribution in [0, 0.1) is 17.2 Å². The third-order valence-corrected chi connectivity index (χ3v) is 6.53. The first-order valence-electron chi connectivity index (χ1n) is 12.0. The quantitative estimate of drug-likeness (QED) is 0.436. The fourth-order valence-corrected chi connectivity index (χ4v) is 4.50. The summed E-state index contributed by atoms with van der Waals surface area (Å²) >= 11 is 5.95. The highest BCUT2D eigenvalue weighted by Gasteiger charge is 2.39. The lowest BCUT2D eigenvalue weighted by molar-refractivity contribution is -0.142. The van der Waals surface area contributed by atoms with Gasteiger partial charge in [0.15, 0.2) is 5.69 Å². The van der Waals surface area contributed by atoms with Gasteiger partial charge in [0.05, 0.1) is 30.5 Å². The number of halogens is 4. The number of aromatic amines is 1. The summed E-state index contributed by atoms with van der Waals surface area (Å²) in [4.78, 5) is 36.7. The molecule has 2 aromatic heterocycles. The van der Waals surface area contributed by atoms with E-state index in [2.05, 4.69) is 15.0 Å². The third kappa shape index (κ3) is 6.29. The molecule has 0 radical (unpaired) electrons. The van der Waals surface area contributed by atoms with Gasteiger partial charge in [-0.15, -0.1) is 0 Å². The van der Waals surface area contributed by atoms with Crippen molar-refractivity contribution in [2.75, 3.05) is 0 Å². The zero-order valence-corrected chi connectivity index (χ0v) is 21.7. The van der Waals surface area contributed by atoms with Crippen molar-refractivity contribution < 1.29 is 17.9 Å². The summed E-state index contributed by atoms with van der Waals surface area (Å²) < 4.78 is 47.6. The van der Waals surface area contributed by atoms with Crippen LogP contribution < -0.4 is 15.9 Å². The summed E-state index contributed by atoms with van der Waals surface area (Å²) in [6, 6.07) is 7.11. The van der Waals surface area contributed by atoms with E-state index in [1.165, 1.54) is 12.1 Å². The number of ether oxygens (including phenoxy) is 1. The highest BCUT2D eigenvalue weighted by atomic mass is 35.5. The van der Waals surface area contributed by atoms with Crippen molar-refractivity contribution in [2.45, 2.75) is 45.5 Å². The van der Waals surface area contributed by atoms with Crippen molar-refractivity contribution in [1.29, 1.82) is 5.26 Å². The van der Waals surface area contributed by atoms with Gasteiger partial charge in [0, 0.05) is 28.4 Å². The van der Waals surface area contributed by atoms with Gasteiger partial charge in [-0.25, -0.2) is 4.98 Å². The van der Waals surface area contributed by atoms with Crippen LogP contribution in [0.25, 0.3) is 0 Å². The molecule has 2 unspecified atom stereocenters. The molecule has 0 amide bonds. The Labute approximate surface area is 226 Å². The summed E-state index contributed by atoms with van der Waals surface area (Å²) in [7, 11) is 0. The Kier molecular flexibility index (Phi) is 8.06. The number of rotatable bonds is 7. The van der Waals surface area contributed by atoms with Crippen LogP contribution in [0.2, 0.25) is 5.02 Å². The van der Waals surface area contributed by atoms with Crippen molar-refractivity contribution >= 4 is 17.8 Å². The molecular weight excluding hydrogens is 535 g/mol. The number of aromatic nitrogens is 3. The van der Waals surface area contributed by atoms with Gasteiger partial charge in [-0.05, 0) is 55.7 Å². The Morgan fingerprint density at radius 1 is 1.21 bits per heavy atom. The average Bonchev–Trinajstić information content (AvgIpc) is 2.88. The van der Waals surface area contributed by atoms with Gasteiger partial charge < -0.3 is 9.72 Å². The lowest BCUT2D eigenvalue weighted by atomic mass is 9.91. The number of H-pyrrole nitrogens is 1. The van der Waals surface area contributed by atoms with Gasteiger partial charge in [0.2, 0.25) is 5.75 Å². The smallest absolute Gasteiger partial charge is 0.437 e. The summed E-state index contributed by atoms with van der Waals surface area (Å²) in [5, 5.41) is 9.19. The van der Waals surface area contributed by atoms with Crippen LogP contribution >= 0.6 is 11.6 Å². The van der Waals surface area contributed by atoms with E-state index in [0.29, 0.717) is 29.7 Å². The zero-order valence-electron chi connectivity index (χ0n) is 20.9. The predicted molar refractivity (Wildman–Crippen MR) is 140 cm³/mol. The van der Waals surface area contributed by atoms with Crippen molar-refractivity contribution in [3.8, 4) is 17.6 Å². The first-order chi connectivity index (χ1) is 18.5. The molecule has 0 aliphatic carbocycles. The lowest BCUT2D eigenvalue weighted by Crippen LogP contribution is -2.28. The molecule has 0 bridgehead atoms. The predicted octanol–water partition coefficient (Wildman–Crippen LogP) is 5.07. The van der Waals surface area contributed by atoms with Crippen molar-refractivity contribution in [3.63, 3.8) is 0 Å². The average molecular weight is 558 g/mol. The third-order valence-electron chi connectivity index (χ3n) is 6.31. The number of nitrogens with zero attached hydrogens (tertiary/aromatic N) is 4. The summed E-state index contributed by atoms with van der Waals surface area (Å²) in [5.74, 6) is -1.29. The number of alkyl halides is 3. The van der Waals surface area contributed by atoms with Crippen LogP contribution in [-0.2, 0) is 25.6 Å². The second-order valence-electron chi connectivity index (χ2n) is 9.02. The van der Waals surface area contributed by atoms with Crippen LogP contribution in [0.4, 0.5) is 13.2 Å². The minimum atomic E-state index is -4.99. The molecule has 3 aromatic rings. The molecule has 0 fully saturated rings. The fraction of sp³-hybridized carbons (Fsp3) is 0.296. The molecule has 4 rings (SSSR count). The number of allylic oxidation sites excluding steroid dienone is 1. The normalized spacial score (nSPS) is 16.7. The molecule has 1 aromatic carbocycles. The molecule has 1 aliphatic heterocycles. The summed E-state index contributed by atoms with van der Waals surface area (Å²) in [6.45, 7) is 3.58. The summed E-state index contributed by atoms with van der Waals surface area (Å²) in [5.41, 5.74) is -1.29. The Bertz CT molecular complexity index is 1620. The molecule has 39 heavy (non-hydrogen) atoms. The van der Waals surface area contributed by atoms with Gasteiger partial charge in [-0.2, -0.15) is 18.4 Å². The molecule has 0 spiro atoms. The highest BCUT2D eigenvalue weighted by Crippen LogP contribution is 2.35. The number of hydrogen-bond donors (Lipinski definition) is 1. The number of pyridine rings is 1. The number of dihydropyridines is 1. The molecule has 8 nitrogen and oxygen atoms in total. The Morgan fingerprint density at radius 2 is 1.97 bits per heavy atom. The minimum Gasteiger partial charge on any atom is -0.449 e. The molecule has 0 saturated heterocycles. The van der Waals surface area contributed by atoms with Crippen LogP contribution in [0.1, 0.15) is 41.9 Å². The molecule has 2 atom stereocenters. The van der Waals surface area contributed by atoms with Crippen molar-refractivity contribution in [3.05, 3.63) is 96.6 Å². The fourth-order valence-electron chi connectivity index (χ4n) is 4.27. The molecule has 0 saturated carbocycles. The molecule has 3 heterocycles. The van der Waals surface area contributed by atoms with E-state index < -0.39 is 23.2 Å². The maximum Gasteiger partial charge on any atom is 0.437 e. The number of aliphatic imine (C=N–C) groups is 1. The topological polar surface area (TPSA) is 113 Å². The first-order valence-corrected chi connectivity index (χ1v) is 12.4. The standard InChI is InChI=1S/C27H23ClF3N5O3/c1-3-22-19(10-18(25(37)35-22)9-17-5-4-6-33-15(17)2)13-36-14-34-24(27(29,30)31)23(26(36)38)39-21-8-16(12-32)7-20(28)11-21/h4-8,10-11,14-15,17H,3,9,13H2,1-2H3,(H,35,37). The van der Waals surface area contributed by atoms with Crippen molar-refractivity contribution in [2.24, 2.45) is 10.9 Å². The number of benzene rings is 1. The SMILES string of the molecule is CCc1[nH]c(=O)c(CC2C=CC=NC2C)cc1Cn1cnc(C(F)(F)F)c(Oc2cc(Cl)cc(C#N)c2)c1=O. The van der Waals surface area contributed by atoms with E-state index in [-0.39, 0.29) is 40.4 Å². The van der Waals surface area contributed by atoms with Crippen LogP contribution in [0.15, 0.2) is 57.3 Å². The monoisotopic (exact) mass is 557 g/mol. The Hall–Kier alpha value is -4.17. The zero-order chi connectivity index (χ0) is 28.3. The van der Waals surface area contributed by atoms with Gasteiger partial charge >= 0.3 is 6.18 Å². The van der Waals surface area contributed by atoms with E-state index in [1.807, 2.05) is 32.1 Å². The molecule has 1 aliphatic rings. The van der Waals surface area contributed by atoms with Crippen LogP contribution in [-0.4, -0.2) is 26.8 Å². The molecular formula is C27H23ClF3N5O3. The summed E-state index contributed by atoms with van der Waals surface area (Å²) in [6.07, 6.45) is 2.09. The number of aryl methyl sites for hydroxylation is 1. The minimum absolute atomic E-state index is 0.0112. The molecule has 12 heteroatoms. The molecule has 1 N–H and O–H groups in total. The van der Waals surface area contributed by atoms with E-state index in [0.717, 1.165) is 17.0 Å². The maximum absolute atomic E-state index is 13.8. The van der Waals surface area contributed by atoms with E-state index >= 15 is 0 Å². The maximum atomic E-state index is 13.8. The van der Waals surface area contributed by atoms with E-state index in [4.69, 9.17) is 21.6 Å². The van der Waals surface area contributed by atoms with Crippen molar-refractivity contribution in [1.82, 2.24) is 14.5 Å². The lowest BCUT2D eigenvalue weighted by Gasteiger charge is -2.20. The highest BCUT2D eigenvalue weighted by molar-refractivity contribution is 6.30. The molecule has 202 valence electrons. The van der Waals surface area contributed by atoms with Gasteiger partial charge in [-0.1, -0.05) is 24.6 Å². The van der Waals surface area contributed by atoms with E-state index in [1.54, 1.807) is 12.3 Å². The second-order valence-corrected chi connectivity index (χ2v) is 9.45. The first kappa shape index (κ1) is 27.9. The van der Waals surface area contributed by atoms with Crippen LogP contribution in [0.3, 0.4) is 0 Å². The largest absolute Gasteiger partial charge is 0.449 e. The number of hydrogen-bond acceptors (Lipinski definition) is 6. The van der Waals surface area contributed by atoms with E-state index in [9.17, 15) is 22.8 Å². The van der Waals surface area contributed by atoms with Gasteiger partial charge in [0.25, 0.3) is 11.1 Å². The Balaban J connectivity index is 1.75. The number of nitrogens with one attached hydrogen (secondary N) is 1. The second kappa shape index (κ2) is 11.3. The number of nitriles is 1. The van der Waals surface area contributed by atoms with Gasteiger partial charge in [-0.3, -0.25) is 19.1 Å². The van der Waals surface area contributed by atoms with Crippen LogP contribution in [0.5, 0.6) is 11.5 Å².